The Morgan fingerprint density at radius 2 is 1.90 bits per heavy atom. The van der Waals surface area contributed by atoms with Gasteiger partial charge in [-0.15, -0.1) is 11.3 Å². The zero-order valence-electron chi connectivity index (χ0n) is 12.3. The van der Waals surface area contributed by atoms with E-state index in [2.05, 4.69) is 20.8 Å². The number of hydrogen-bond donors (Lipinski definition) is 1. The van der Waals surface area contributed by atoms with Crippen molar-refractivity contribution >= 4 is 11.3 Å². The van der Waals surface area contributed by atoms with Crippen LogP contribution in [0, 0.1) is 0 Å². The van der Waals surface area contributed by atoms with Crippen molar-refractivity contribution in [2.45, 2.75) is 39.2 Å². The molecule has 0 aliphatic carbocycles. The second kappa shape index (κ2) is 6.37. The number of nitrogens with two attached hydrogens (primary N) is 1. The van der Waals surface area contributed by atoms with E-state index in [9.17, 15) is 0 Å². The number of ether oxygens (including phenoxy) is 1. The van der Waals surface area contributed by atoms with Crippen LogP contribution in [0.15, 0.2) is 30.3 Å². The molecule has 2 aromatic rings. The first kappa shape index (κ1) is 15.0. The third-order valence-corrected chi connectivity index (χ3v) is 4.10. The summed E-state index contributed by atoms with van der Waals surface area (Å²) in [4.78, 5) is 5.93. The van der Waals surface area contributed by atoms with Gasteiger partial charge in [0.1, 0.15) is 5.75 Å². The van der Waals surface area contributed by atoms with E-state index in [1.807, 2.05) is 30.3 Å². The fraction of sp³-hybridized carbons (Fsp3) is 0.438. The van der Waals surface area contributed by atoms with E-state index in [1.54, 1.807) is 11.3 Å². The number of thiazole rings is 1. The van der Waals surface area contributed by atoms with Crippen molar-refractivity contribution < 1.29 is 4.74 Å². The molecular formula is C16H22N2OS. The van der Waals surface area contributed by atoms with Crippen molar-refractivity contribution in [2.75, 3.05) is 6.61 Å². The van der Waals surface area contributed by atoms with Crippen molar-refractivity contribution in [2.24, 2.45) is 5.73 Å². The van der Waals surface area contributed by atoms with Crippen molar-refractivity contribution in [1.82, 2.24) is 4.98 Å². The van der Waals surface area contributed by atoms with Gasteiger partial charge in [-0.05, 0) is 12.1 Å². The highest BCUT2D eigenvalue weighted by Crippen LogP contribution is 2.29. The minimum Gasteiger partial charge on any atom is -0.493 e. The van der Waals surface area contributed by atoms with Gasteiger partial charge in [-0.3, -0.25) is 0 Å². The second-order valence-electron chi connectivity index (χ2n) is 5.75. The van der Waals surface area contributed by atoms with E-state index in [0.29, 0.717) is 13.2 Å². The molecule has 108 valence electrons. The average molecular weight is 290 g/mol. The number of nitrogens with zero attached hydrogens (tertiary/aromatic N) is 1. The van der Waals surface area contributed by atoms with Crippen molar-refractivity contribution in [3.8, 4) is 5.75 Å². The Labute approximate surface area is 124 Å². The molecule has 3 nitrogen and oxygen atoms in total. The fourth-order valence-corrected chi connectivity index (χ4v) is 3.14. The molecule has 1 aromatic heterocycles. The van der Waals surface area contributed by atoms with E-state index >= 15 is 0 Å². The zero-order valence-corrected chi connectivity index (χ0v) is 13.2. The maximum atomic E-state index is 5.82. The Morgan fingerprint density at radius 1 is 1.20 bits per heavy atom. The van der Waals surface area contributed by atoms with Gasteiger partial charge >= 0.3 is 0 Å². The third-order valence-electron chi connectivity index (χ3n) is 2.97. The van der Waals surface area contributed by atoms with Crippen molar-refractivity contribution in [3.63, 3.8) is 0 Å². The maximum Gasteiger partial charge on any atom is 0.119 e. The van der Waals surface area contributed by atoms with Gasteiger partial charge in [0.25, 0.3) is 0 Å². The molecule has 4 heteroatoms. The molecule has 2 N–H and O–H groups in total. The monoisotopic (exact) mass is 290 g/mol. The Balaban J connectivity index is 1.98. The lowest BCUT2D eigenvalue weighted by molar-refractivity contribution is 0.321. The molecule has 20 heavy (non-hydrogen) atoms. The van der Waals surface area contributed by atoms with Crippen LogP contribution < -0.4 is 10.5 Å². The van der Waals surface area contributed by atoms with Gasteiger partial charge in [0, 0.05) is 23.3 Å². The molecule has 0 bridgehead atoms. The molecule has 2 rings (SSSR count). The minimum absolute atomic E-state index is 0.0454. The Morgan fingerprint density at radius 3 is 2.45 bits per heavy atom. The smallest absolute Gasteiger partial charge is 0.119 e. The summed E-state index contributed by atoms with van der Waals surface area (Å²) in [7, 11) is 0. The zero-order chi connectivity index (χ0) is 14.6. The first-order valence-corrected chi connectivity index (χ1v) is 7.69. The molecule has 1 heterocycles. The van der Waals surface area contributed by atoms with Gasteiger partial charge in [0.2, 0.25) is 0 Å². The summed E-state index contributed by atoms with van der Waals surface area (Å²) in [6.07, 6.45) is 0.822. The van der Waals surface area contributed by atoms with Gasteiger partial charge < -0.3 is 10.5 Å². The van der Waals surface area contributed by atoms with Gasteiger partial charge in [0.05, 0.1) is 17.3 Å². The molecule has 0 atom stereocenters. The van der Waals surface area contributed by atoms with Gasteiger partial charge in [-0.2, -0.15) is 0 Å². The van der Waals surface area contributed by atoms with E-state index in [-0.39, 0.29) is 5.41 Å². The van der Waals surface area contributed by atoms with E-state index < -0.39 is 0 Å². The quantitative estimate of drug-likeness (QED) is 0.916. The van der Waals surface area contributed by atoms with E-state index in [0.717, 1.165) is 22.9 Å². The first-order chi connectivity index (χ1) is 9.50. The van der Waals surface area contributed by atoms with Gasteiger partial charge in [-0.25, -0.2) is 4.98 Å². The van der Waals surface area contributed by atoms with E-state index in [1.165, 1.54) is 4.88 Å². The number of para-hydroxylation sites is 1. The largest absolute Gasteiger partial charge is 0.493 e. The molecular weight excluding hydrogens is 268 g/mol. The summed E-state index contributed by atoms with van der Waals surface area (Å²) in [6, 6.07) is 9.87. The van der Waals surface area contributed by atoms with Gasteiger partial charge in [-0.1, -0.05) is 39.0 Å². The van der Waals surface area contributed by atoms with Crippen molar-refractivity contribution in [1.29, 1.82) is 0 Å². The summed E-state index contributed by atoms with van der Waals surface area (Å²) in [5.74, 6) is 0.902. The lowest BCUT2D eigenvalue weighted by Crippen LogP contribution is -2.15. The third kappa shape index (κ3) is 3.81. The van der Waals surface area contributed by atoms with Crippen LogP contribution in [0.5, 0.6) is 5.75 Å². The van der Waals surface area contributed by atoms with Crippen LogP contribution in [-0.2, 0) is 18.4 Å². The molecule has 0 fully saturated rings. The summed E-state index contributed by atoms with van der Waals surface area (Å²) in [5.41, 5.74) is 6.99. The molecule has 0 amide bonds. The SMILES string of the molecule is CC(C)(C)c1nc(CCOc2ccccc2)sc1CN. The summed E-state index contributed by atoms with van der Waals surface area (Å²) < 4.78 is 5.71. The average Bonchev–Trinajstić information content (AvgIpc) is 2.83. The molecule has 0 aliphatic heterocycles. The molecule has 0 saturated heterocycles. The Bertz CT molecular complexity index is 543. The van der Waals surface area contributed by atoms with Crippen LogP contribution >= 0.6 is 11.3 Å². The lowest BCUT2D eigenvalue weighted by Gasteiger charge is -2.16. The predicted octanol–water partition coefficient (Wildman–Crippen LogP) is 3.52. The second-order valence-corrected chi connectivity index (χ2v) is 6.91. The molecule has 0 aliphatic rings. The highest BCUT2D eigenvalue weighted by molar-refractivity contribution is 7.11. The predicted molar refractivity (Wildman–Crippen MR) is 84.3 cm³/mol. The van der Waals surface area contributed by atoms with Crippen LogP contribution in [0.1, 0.15) is 36.3 Å². The number of rotatable bonds is 5. The first-order valence-electron chi connectivity index (χ1n) is 6.87. The minimum atomic E-state index is 0.0454. The standard InChI is InChI=1S/C16H22N2OS/c1-16(2,3)15-13(11-17)20-14(18-15)9-10-19-12-7-5-4-6-8-12/h4-8H,9-11,17H2,1-3H3. The van der Waals surface area contributed by atoms with Crippen LogP contribution in [0.4, 0.5) is 0 Å². The number of hydrogen-bond acceptors (Lipinski definition) is 4. The highest BCUT2D eigenvalue weighted by atomic mass is 32.1. The van der Waals surface area contributed by atoms with Crippen LogP contribution in [-0.4, -0.2) is 11.6 Å². The molecule has 0 spiro atoms. The summed E-state index contributed by atoms with van der Waals surface area (Å²) in [5, 5.41) is 1.10. The van der Waals surface area contributed by atoms with Crippen LogP contribution in [0.3, 0.4) is 0 Å². The van der Waals surface area contributed by atoms with Crippen molar-refractivity contribution in [3.05, 3.63) is 45.9 Å². The summed E-state index contributed by atoms with van der Waals surface area (Å²) >= 11 is 1.71. The Hall–Kier alpha value is -1.39. The van der Waals surface area contributed by atoms with Crippen LogP contribution in [0.2, 0.25) is 0 Å². The highest BCUT2D eigenvalue weighted by Gasteiger charge is 2.22. The molecule has 1 aromatic carbocycles. The van der Waals surface area contributed by atoms with Gasteiger partial charge in [0.15, 0.2) is 0 Å². The summed E-state index contributed by atoms with van der Waals surface area (Å²) in [6.45, 7) is 7.72. The Kier molecular flexibility index (Phi) is 4.78. The number of benzene rings is 1. The maximum absolute atomic E-state index is 5.82. The van der Waals surface area contributed by atoms with E-state index in [4.69, 9.17) is 15.5 Å². The fourth-order valence-electron chi connectivity index (χ4n) is 2.00. The molecule has 0 unspecified atom stereocenters. The normalized spacial score (nSPS) is 11.6. The molecule has 0 saturated carbocycles. The lowest BCUT2D eigenvalue weighted by atomic mass is 9.91. The molecule has 0 radical (unpaired) electrons. The number of aromatic nitrogens is 1. The topological polar surface area (TPSA) is 48.1 Å². The van der Waals surface area contributed by atoms with Crippen LogP contribution in [0.25, 0.3) is 0 Å².